The zero-order valence-electron chi connectivity index (χ0n) is 11.5. The summed E-state index contributed by atoms with van der Waals surface area (Å²) in [4.78, 5) is 14.3. The third-order valence-electron chi connectivity index (χ3n) is 3.36. The van der Waals surface area contributed by atoms with Gasteiger partial charge in [0.25, 0.3) is 5.91 Å². The summed E-state index contributed by atoms with van der Waals surface area (Å²) < 4.78 is 0. The number of rotatable bonds is 2. The van der Waals surface area contributed by atoms with Crippen LogP contribution in [-0.2, 0) is 4.79 Å². The Morgan fingerprint density at radius 1 is 1.05 bits per heavy atom. The van der Waals surface area contributed by atoms with Crippen molar-refractivity contribution in [3.05, 3.63) is 67.1 Å². The summed E-state index contributed by atoms with van der Waals surface area (Å²) in [5.74, 6) is 0.0416. The van der Waals surface area contributed by atoms with Gasteiger partial charge in [0, 0.05) is 0 Å². The molecule has 0 spiro atoms. The van der Waals surface area contributed by atoms with E-state index in [0.29, 0.717) is 6.54 Å². The monoisotopic (exact) mass is 290 g/mol. The van der Waals surface area contributed by atoms with Crippen LogP contribution in [0.25, 0.3) is 0 Å². The molecule has 2 aromatic rings. The SMILES string of the molecule is [CH2-]CN1C(=O)C(c2ccccc2)Nc2ccccc21.[K+]. The molecule has 1 aliphatic rings. The van der Waals surface area contributed by atoms with E-state index in [2.05, 4.69) is 12.2 Å². The Hall–Kier alpha value is -0.654. The predicted molar refractivity (Wildman–Crippen MR) is 77.0 cm³/mol. The Morgan fingerprint density at radius 2 is 1.70 bits per heavy atom. The number of amides is 1. The van der Waals surface area contributed by atoms with Gasteiger partial charge in [-0.05, 0) is 17.7 Å². The summed E-state index contributed by atoms with van der Waals surface area (Å²) in [5, 5.41) is 3.31. The number of benzene rings is 2. The van der Waals surface area contributed by atoms with Gasteiger partial charge in [0.05, 0.1) is 11.4 Å². The number of hydrogen-bond donors (Lipinski definition) is 1. The molecule has 1 amide bonds. The van der Waals surface area contributed by atoms with E-state index in [0.717, 1.165) is 16.9 Å². The Bertz CT molecular complexity index is 600. The van der Waals surface area contributed by atoms with Crippen LogP contribution in [0.3, 0.4) is 0 Å². The second kappa shape index (κ2) is 6.87. The molecule has 1 aliphatic heterocycles. The van der Waals surface area contributed by atoms with Gasteiger partial charge in [-0.15, -0.1) is 6.54 Å². The molecule has 1 heterocycles. The standard InChI is InChI=1S/C16H15N2O.K/c1-2-18-14-11-7-6-10-13(14)17-15(16(18)19)12-8-4-3-5-9-12;/h3-11,15,17H,1-2H2;/q-1;+1. The molecule has 0 radical (unpaired) electrons. The van der Waals surface area contributed by atoms with Crippen molar-refractivity contribution in [2.75, 3.05) is 16.8 Å². The molecular weight excluding hydrogens is 275 g/mol. The number of hydrogen-bond acceptors (Lipinski definition) is 2. The minimum Gasteiger partial charge on any atom is -0.368 e. The first-order valence-electron chi connectivity index (χ1n) is 6.32. The average Bonchev–Trinajstić information content (AvgIpc) is 2.47. The topological polar surface area (TPSA) is 32.3 Å². The molecule has 3 nitrogen and oxygen atoms in total. The Labute approximate surface area is 161 Å². The van der Waals surface area contributed by atoms with Crippen molar-refractivity contribution in [2.24, 2.45) is 0 Å². The third-order valence-corrected chi connectivity index (χ3v) is 3.36. The molecule has 96 valence electrons. The van der Waals surface area contributed by atoms with Crippen LogP contribution < -0.4 is 61.6 Å². The normalized spacial score (nSPS) is 16.9. The minimum atomic E-state index is -0.335. The molecule has 0 aliphatic carbocycles. The van der Waals surface area contributed by atoms with Crippen LogP contribution in [0.4, 0.5) is 11.4 Å². The van der Waals surface area contributed by atoms with E-state index < -0.39 is 0 Å². The van der Waals surface area contributed by atoms with Crippen molar-refractivity contribution < 1.29 is 56.2 Å². The fraction of sp³-hybridized carbons (Fsp3) is 0.125. The zero-order chi connectivity index (χ0) is 13.2. The van der Waals surface area contributed by atoms with Crippen LogP contribution in [0.2, 0.25) is 0 Å². The van der Waals surface area contributed by atoms with Crippen molar-refractivity contribution in [3.8, 4) is 0 Å². The zero-order valence-corrected chi connectivity index (χ0v) is 14.7. The van der Waals surface area contributed by atoms with Crippen molar-refractivity contribution in [1.29, 1.82) is 0 Å². The van der Waals surface area contributed by atoms with Crippen LogP contribution in [0.5, 0.6) is 0 Å². The number of nitrogens with zero attached hydrogens (tertiary/aromatic N) is 1. The number of nitrogens with one attached hydrogen (secondary N) is 1. The quantitative estimate of drug-likeness (QED) is 0.625. The molecule has 1 unspecified atom stereocenters. The van der Waals surface area contributed by atoms with Crippen molar-refractivity contribution in [3.63, 3.8) is 0 Å². The van der Waals surface area contributed by atoms with Gasteiger partial charge in [-0.3, -0.25) is 4.79 Å². The fourth-order valence-corrected chi connectivity index (χ4v) is 2.42. The average molecular weight is 290 g/mol. The van der Waals surface area contributed by atoms with E-state index >= 15 is 0 Å². The van der Waals surface area contributed by atoms with Gasteiger partial charge in [0.1, 0.15) is 6.04 Å². The Kier molecular flexibility index (Phi) is 5.40. The summed E-state index contributed by atoms with van der Waals surface area (Å²) in [7, 11) is 0. The van der Waals surface area contributed by atoms with E-state index in [9.17, 15) is 4.79 Å². The van der Waals surface area contributed by atoms with Gasteiger partial charge in [0.15, 0.2) is 0 Å². The first-order valence-corrected chi connectivity index (χ1v) is 6.32. The second-order valence-corrected chi connectivity index (χ2v) is 4.50. The maximum atomic E-state index is 12.5. The summed E-state index contributed by atoms with van der Waals surface area (Å²) in [6.45, 7) is 4.30. The predicted octanol–water partition coefficient (Wildman–Crippen LogP) is 0.0245. The molecule has 1 atom stereocenters. The van der Waals surface area contributed by atoms with Crippen molar-refractivity contribution in [2.45, 2.75) is 6.04 Å². The maximum absolute atomic E-state index is 12.5. The number of anilines is 2. The van der Waals surface area contributed by atoms with Gasteiger partial charge in [0.2, 0.25) is 0 Å². The molecule has 0 saturated heterocycles. The first-order chi connectivity index (χ1) is 9.31. The summed E-state index contributed by atoms with van der Waals surface area (Å²) in [6, 6.07) is 17.2. The summed E-state index contributed by atoms with van der Waals surface area (Å²) in [5.41, 5.74) is 2.84. The summed E-state index contributed by atoms with van der Waals surface area (Å²) >= 11 is 0. The molecule has 1 N–H and O–H groups in total. The van der Waals surface area contributed by atoms with E-state index in [1.165, 1.54) is 0 Å². The largest absolute Gasteiger partial charge is 1.00 e. The molecular formula is C16H15KN2O. The van der Waals surface area contributed by atoms with E-state index in [1.54, 1.807) is 4.90 Å². The first kappa shape index (κ1) is 15.7. The number of para-hydroxylation sites is 2. The Balaban J connectivity index is 0.00000147. The van der Waals surface area contributed by atoms with E-state index in [-0.39, 0.29) is 63.3 Å². The molecule has 3 rings (SSSR count). The Morgan fingerprint density at radius 3 is 2.40 bits per heavy atom. The van der Waals surface area contributed by atoms with Gasteiger partial charge in [-0.2, -0.15) is 0 Å². The fourth-order valence-electron chi connectivity index (χ4n) is 2.42. The van der Waals surface area contributed by atoms with Crippen LogP contribution in [-0.4, -0.2) is 12.5 Å². The maximum Gasteiger partial charge on any atom is 1.00 e. The van der Waals surface area contributed by atoms with Gasteiger partial charge >= 0.3 is 51.4 Å². The van der Waals surface area contributed by atoms with Crippen LogP contribution in [0.1, 0.15) is 11.6 Å². The molecule has 4 heteroatoms. The van der Waals surface area contributed by atoms with Crippen LogP contribution in [0.15, 0.2) is 54.6 Å². The van der Waals surface area contributed by atoms with Crippen LogP contribution >= 0.6 is 0 Å². The second-order valence-electron chi connectivity index (χ2n) is 4.50. The molecule has 0 saturated carbocycles. The van der Waals surface area contributed by atoms with Crippen molar-refractivity contribution >= 4 is 17.3 Å². The van der Waals surface area contributed by atoms with Gasteiger partial charge in [-0.1, -0.05) is 42.5 Å². The van der Waals surface area contributed by atoms with Gasteiger partial charge in [-0.25, -0.2) is 0 Å². The van der Waals surface area contributed by atoms with E-state index in [1.807, 2.05) is 54.6 Å². The summed E-state index contributed by atoms with van der Waals surface area (Å²) in [6.07, 6.45) is 0. The molecule has 0 fully saturated rings. The number of carbonyl (C=O) groups is 1. The minimum absolute atomic E-state index is 0. The van der Waals surface area contributed by atoms with Crippen LogP contribution in [0, 0.1) is 6.92 Å². The molecule has 2 aromatic carbocycles. The number of carbonyl (C=O) groups excluding carboxylic acids is 1. The third kappa shape index (κ3) is 2.85. The van der Waals surface area contributed by atoms with Crippen molar-refractivity contribution in [1.82, 2.24) is 0 Å². The smallest absolute Gasteiger partial charge is 0.368 e. The molecule has 20 heavy (non-hydrogen) atoms. The molecule has 0 bridgehead atoms. The molecule has 0 aromatic heterocycles. The van der Waals surface area contributed by atoms with Gasteiger partial charge < -0.3 is 17.1 Å². The van der Waals surface area contributed by atoms with E-state index in [4.69, 9.17) is 0 Å². The number of fused-ring (bicyclic) bond motifs is 1.